The Morgan fingerprint density at radius 2 is 1.89 bits per heavy atom. The topological polar surface area (TPSA) is 59.2 Å². The highest BCUT2D eigenvalue weighted by Gasteiger charge is 2.23. The van der Waals surface area contributed by atoms with E-state index < -0.39 is 0 Å². The van der Waals surface area contributed by atoms with E-state index in [-0.39, 0.29) is 17.7 Å². The largest absolute Gasteiger partial charge is 0.337 e. The first kappa shape index (κ1) is 19.5. The highest BCUT2D eigenvalue weighted by atomic mass is 35.5. The molecule has 0 aliphatic carbocycles. The standard InChI is InChI=1S/C20H20ClN3O2S/c1-3-17(27-16-11-9-15(21)10-12-16)20(25)24(2)13-18-22-19(23-26-18)14-7-5-4-6-8-14/h4-12,17H,3,13H2,1-2H3. The van der Waals surface area contributed by atoms with Gasteiger partial charge in [-0.15, -0.1) is 11.8 Å². The molecule has 3 rings (SSSR count). The number of rotatable bonds is 7. The molecule has 0 N–H and O–H groups in total. The Labute approximate surface area is 167 Å². The van der Waals surface area contributed by atoms with Crippen molar-refractivity contribution >= 4 is 29.3 Å². The highest BCUT2D eigenvalue weighted by molar-refractivity contribution is 8.00. The van der Waals surface area contributed by atoms with E-state index in [1.807, 2.05) is 61.5 Å². The summed E-state index contributed by atoms with van der Waals surface area (Å²) in [6.45, 7) is 2.27. The summed E-state index contributed by atoms with van der Waals surface area (Å²) < 4.78 is 5.31. The van der Waals surface area contributed by atoms with E-state index in [2.05, 4.69) is 10.1 Å². The molecule has 0 fully saturated rings. The number of halogens is 1. The van der Waals surface area contributed by atoms with Crippen LogP contribution in [-0.4, -0.2) is 33.2 Å². The molecule has 140 valence electrons. The van der Waals surface area contributed by atoms with Gasteiger partial charge in [0, 0.05) is 22.5 Å². The maximum atomic E-state index is 12.8. The number of amides is 1. The molecule has 0 bridgehead atoms. The van der Waals surface area contributed by atoms with Crippen molar-refractivity contribution in [2.75, 3.05) is 7.05 Å². The number of nitrogens with zero attached hydrogens (tertiary/aromatic N) is 3. The van der Waals surface area contributed by atoms with Gasteiger partial charge in [0.2, 0.25) is 17.6 Å². The molecule has 5 nitrogen and oxygen atoms in total. The SMILES string of the molecule is CCC(Sc1ccc(Cl)cc1)C(=O)N(C)Cc1nc(-c2ccccc2)no1. The van der Waals surface area contributed by atoms with Gasteiger partial charge in [-0.05, 0) is 30.7 Å². The minimum Gasteiger partial charge on any atom is -0.337 e. The third-order valence-electron chi connectivity index (χ3n) is 3.99. The van der Waals surface area contributed by atoms with Crippen molar-refractivity contribution in [2.24, 2.45) is 0 Å². The maximum Gasteiger partial charge on any atom is 0.246 e. The van der Waals surface area contributed by atoms with E-state index in [1.165, 1.54) is 11.8 Å². The fourth-order valence-electron chi connectivity index (χ4n) is 2.54. The Balaban J connectivity index is 1.64. The van der Waals surface area contributed by atoms with Crippen molar-refractivity contribution in [1.82, 2.24) is 15.0 Å². The molecule has 1 heterocycles. The second kappa shape index (κ2) is 9.06. The molecule has 3 aromatic rings. The number of hydrogen-bond acceptors (Lipinski definition) is 5. The monoisotopic (exact) mass is 401 g/mol. The van der Waals surface area contributed by atoms with Gasteiger partial charge in [0.05, 0.1) is 11.8 Å². The number of carbonyl (C=O) groups is 1. The van der Waals surface area contributed by atoms with Crippen LogP contribution in [0.25, 0.3) is 11.4 Å². The summed E-state index contributed by atoms with van der Waals surface area (Å²) in [6, 6.07) is 17.1. The van der Waals surface area contributed by atoms with Crippen LogP contribution in [0.3, 0.4) is 0 Å². The number of hydrogen-bond donors (Lipinski definition) is 0. The van der Waals surface area contributed by atoms with Crippen LogP contribution in [0, 0.1) is 0 Å². The Bertz CT molecular complexity index is 884. The van der Waals surface area contributed by atoms with Crippen LogP contribution in [0.1, 0.15) is 19.2 Å². The Morgan fingerprint density at radius 3 is 2.56 bits per heavy atom. The van der Waals surface area contributed by atoms with Crippen molar-refractivity contribution in [2.45, 2.75) is 30.0 Å². The quantitative estimate of drug-likeness (QED) is 0.526. The molecule has 1 atom stereocenters. The number of benzene rings is 2. The summed E-state index contributed by atoms with van der Waals surface area (Å²) in [5.74, 6) is 0.960. The molecular formula is C20H20ClN3O2S. The molecule has 7 heteroatoms. The van der Waals surface area contributed by atoms with E-state index in [0.29, 0.717) is 16.7 Å². The predicted octanol–water partition coefficient (Wildman–Crippen LogP) is 4.92. The van der Waals surface area contributed by atoms with Crippen molar-refractivity contribution < 1.29 is 9.32 Å². The van der Waals surface area contributed by atoms with Gasteiger partial charge < -0.3 is 9.42 Å². The lowest BCUT2D eigenvalue weighted by molar-refractivity contribution is -0.130. The third kappa shape index (κ3) is 5.11. The van der Waals surface area contributed by atoms with E-state index in [4.69, 9.17) is 16.1 Å². The van der Waals surface area contributed by atoms with Crippen LogP contribution < -0.4 is 0 Å². The normalized spacial score (nSPS) is 12.0. The molecule has 27 heavy (non-hydrogen) atoms. The van der Waals surface area contributed by atoms with Crippen molar-refractivity contribution in [1.29, 1.82) is 0 Å². The minimum atomic E-state index is -0.187. The van der Waals surface area contributed by atoms with E-state index in [1.54, 1.807) is 11.9 Å². The molecular weight excluding hydrogens is 382 g/mol. The van der Waals surface area contributed by atoms with Crippen LogP contribution in [0.4, 0.5) is 0 Å². The minimum absolute atomic E-state index is 0.0249. The smallest absolute Gasteiger partial charge is 0.246 e. The van der Waals surface area contributed by atoms with Crippen LogP contribution in [0.2, 0.25) is 5.02 Å². The van der Waals surface area contributed by atoms with E-state index in [0.717, 1.165) is 16.9 Å². The van der Waals surface area contributed by atoms with Gasteiger partial charge in [-0.3, -0.25) is 4.79 Å². The third-order valence-corrected chi connectivity index (χ3v) is 5.60. The summed E-state index contributed by atoms with van der Waals surface area (Å²) in [5, 5.41) is 4.49. The summed E-state index contributed by atoms with van der Waals surface area (Å²) in [6.07, 6.45) is 0.718. The summed E-state index contributed by atoms with van der Waals surface area (Å²) >= 11 is 7.45. The van der Waals surface area contributed by atoms with Crippen molar-refractivity contribution in [3.05, 3.63) is 65.5 Å². The number of thioether (sulfide) groups is 1. The molecule has 2 aromatic carbocycles. The molecule has 0 aliphatic heterocycles. The maximum absolute atomic E-state index is 12.8. The lowest BCUT2D eigenvalue weighted by Crippen LogP contribution is -2.34. The second-order valence-electron chi connectivity index (χ2n) is 6.04. The van der Waals surface area contributed by atoms with Gasteiger partial charge in [0.25, 0.3) is 0 Å². The zero-order chi connectivity index (χ0) is 19.2. The molecule has 0 saturated carbocycles. The van der Waals surface area contributed by atoms with Crippen molar-refractivity contribution in [3.8, 4) is 11.4 Å². The first-order chi connectivity index (χ1) is 13.1. The van der Waals surface area contributed by atoms with Crippen LogP contribution in [-0.2, 0) is 11.3 Å². The van der Waals surface area contributed by atoms with Crippen LogP contribution in [0.15, 0.2) is 64.0 Å². The zero-order valence-corrected chi connectivity index (χ0v) is 16.7. The Morgan fingerprint density at radius 1 is 1.19 bits per heavy atom. The van der Waals surface area contributed by atoms with Crippen molar-refractivity contribution in [3.63, 3.8) is 0 Å². The molecule has 0 aliphatic rings. The average Bonchev–Trinajstić information content (AvgIpc) is 3.16. The number of carbonyl (C=O) groups excluding carboxylic acids is 1. The van der Waals surface area contributed by atoms with Gasteiger partial charge in [-0.25, -0.2) is 0 Å². The Kier molecular flexibility index (Phi) is 6.53. The summed E-state index contributed by atoms with van der Waals surface area (Å²) in [5.41, 5.74) is 0.881. The summed E-state index contributed by atoms with van der Waals surface area (Å²) in [4.78, 5) is 19.8. The van der Waals surface area contributed by atoms with Gasteiger partial charge >= 0.3 is 0 Å². The van der Waals surface area contributed by atoms with Gasteiger partial charge in [-0.1, -0.05) is 54.0 Å². The van der Waals surface area contributed by atoms with Gasteiger partial charge in [-0.2, -0.15) is 4.98 Å². The molecule has 0 saturated heterocycles. The average molecular weight is 402 g/mol. The fraction of sp³-hybridized carbons (Fsp3) is 0.250. The Hall–Kier alpha value is -2.31. The lowest BCUT2D eigenvalue weighted by Gasteiger charge is -2.21. The zero-order valence-electron chi connectivity index (χ0n) is 15.1. The van der Waals surface area contributed by atoms with Crippen LogP contribution >= 0.6 is 23.4 Å². The second-order valence-corrected chi connectivity index (χ2v) is 7.75. The first-order valence-corrected chi connectivity index (χ1v) is 9.87. The van der Waals surface area contributed by atoms with Gasteiger partial charge in [0.15, 0.2) is 0 Å². The number of aromatic nitrogens is 2. The first-order valence-electron chi connectivity index (χ1n) is 8.62. The fourth-order valence-corrected chi connectivity index (χ4v) is 3.73. The molecule has 1 unspecified atom stereocenters. The molecule has 1 aromatic heterocycles. The van der Waals surface area contributed by atoms with E-state index >= 15 is 0 Å². The predicted molar refractivity (Wildman–Crippen MR) is 108 cm³/mol. The highest BCUT2D eigenvalue weighted by Crippen LogP contribution is 2.28. The van der Waals surface area contributed by atoms with E-state index in [9.17, 15) is 4.79 Å². The molecule has 0 spiro atoms. The molecule has 0 radical (unpaired) electrons. The van der Waals surface area contributed by atoms with Gasteiger partial charge in [0.1, 0.15) is 0 Å². The van der Waals surface area contributed by atoms with Crippen LogP contribution in [0.5, 0.6) is 0 Å². The summed E-state index contributed by atoms with van der Waals surface area (Å²) in [7, 11) is 1.75. The lowest BCUT2D eigenvalue weighted by atomic mass is 10.2. The molecule has 1 amide bonds.